The highest BCUT2D eigenvalue weighted by Crippen LogP contribution is 2.29. The molecular weight excluding hydrogens is 323 g/mol. The van der Waals surface area contributed by atoms with Crippen molar-refractivity contribution in [3.63, 3.8) is 0 Å². The lowest BCUT2D eigenvalue weighted by molar-refractivity contribution is -0.121. The number of hydrogen-bond donors (Lipinski definition) is 2. The molecule has 0 radical (unpaired) electrons. The molecule has 0 aliphatic heterocycles. The molecule has 0 saturated carbocycles. The van der Waals surface area contributed by atoms with Gasteiger partial charge >= 0.3 is 0 Å². The molecule has 22 heavy (non-hydrogen) atoms. The third kappa shape index (κ3) is 4.70. The van der Waals surface area contributed by atoms with Crippen molar-refractivity contribution in [2.24, 2.45) is 0 Å². The van der Waals surface area contributed by atoms with E-state index in [0.29, 0.717) is 28.5 Å². The Morgan fingerprint density at radius 3 is 2.59 bits per heavy atom. The number of aromatic nitrogens is 1. The average molecular weight is 339 g/mol. The molecule has 2 N–H and O–H groups in total. The zero-order chi connectivity index (χ0) is 15.9. The minimum absolute atomic E-state index is 0.0648. The highest BCUT2D eigenvalue weighted by atomic mass is 35.5. The second-order valence-electron chi connectivity index (χ2n) is 4.82. The summed E-state index contributed by atoms with van der Waals surface area (Å²) >= 11 is 12.0. The molecule has 1 heterocycles. The van der Waals surface area contributed by atoms with Crippen molar-refractivity contribution in [3.05, 3.63) is 63.9 Å². The summed E-state index contributed by atoms with van der Waals surface area (Å²) in [6, 6.07) is 8.74. The predicted octanol–water partition coefficient (Wildman–Crippen LogP) is 3.17. The van der Waals surface area contributed by atoms with Gasteiger partial charge < -0.3 is 10.4 Å². The van der Waals surface area contributed by atoms with Gasteiger partial charge in [0.2, 0.25) is 5.91 Å². The van der Waals surface area contributed by atoms with Crippen molar-refractivity contribution in [3.8, 4) is 0 Å². The van der Waals surface area contributed by atoms with Gasteiger partial charge in [-0.2, -0.15) is 0 Å². The number of aryl methyl sites for hydroxylation is 1. The van der Waals surface area contributed by atoms with Gasteiger partial charge in [-0.05, 0) is 30.2 Å². The molecule has 0 unspecified atom stereocenters. The number of aliphatic hydroxyl groups excluding tert-OH is 1. The number of carbonyl (C=O) groups is 1. The van der Waals surface area contributed by atoms with Crippen molar-refractivity contribution in [1.82, 2.24) is 10.3 Å². The third-order valence-electron chi connectivity index (χ3n) is 3.19. The van der Waals surface area contributed by atoms with Crippen molar-refractivity contribution in [2.75, 3.05) is 6.54 Å². The molecular formula is C16H16Cl2N2O2. The Morgan fingerprint density at radius 2 is 1.95 bits per heavy atom. The van der Waals surface area contributed by atoms with E-state index in [1.165, 1.54) is 0 Å². The lowest BCUT2D eigenvalue weighted by Crippen LogP contribution is -2.28. The fraction of sp³-hybridized carbons (Fsp3) is 0.250. The maximum atomic E-state index is 11.8. The van der Waals surface area contributed by atoms with Gasteiger partial charge in [0, 0.05) is 41.0 Å². The number of halogens is 2. The molecule has 0 fully saturated rings. The fourth-order valence-electron chi connectivity index (χ4n) is 2.03. The maximum Gasteiger partial charge on any atom is 0.220 e. The lowest BCUT2D eigenvalue weighted by atomic mass is 10.1. The number of carbonyl (C=O) groups excluding carboxylic acids is 1. The minimum atomic E-state index is -0.941. The molecule has 1 aromatic heterocycles. The van der Waals surface area contributed by atoms with Crippen LogP contribution >= 0.6 is 23.2 Å². The van der Waals surface area contributed by atoms with Crippen molar-refractivity contribution in [2.45, 2.75) is 18.9 Å². The second-order valence-corrected chi connectivity index (χ2v) is 5.63. The first-order chi connectivity index (χ1) is 10.6. The fourth-order valence-corrected chi connectivity index (χ4v) is 2.68. The smallest absolute Gasteiger partial charge is 0.220 e. The van der Waals surface area contributed by atoms with Crippen molar-refractivity contribution < 1.29 is 9.90 Å². The van der Waals surface area contributed by atoms with Crippen LogP contribution < -0.4 is 5.32 Å². The standard InChI is InChI=1S/C16H16Cl2N2O2/c17-12-4-1-5-13(18)16(12)14(21)10-20-15(22)7-6-11-3-2-8-19-9-11/h1-5,8-9,14,21H,6-7,10H2,(H,20,22)/t14-/m1/s1. The van der Waals surface area contributed by atoms with Gasteiger partial charge in [-0.25, -0.2) is 0 Å². The van der Waals surface area contributed by atoms with E-state index >= 15 is 0 Å². The van der Waals surface area contributed by atoms with Gasteiger partial charge in [0.05, 0.1) is 6.10 Å². The molecule has 2 aromatic rings. The molecule has 0 aliphatic carbocycles. The number of aliphatic hydroxyl groups is 1. The summed E-state index contributed by atoms with van der Waals surface area (Å²) < 4.78 is 0. The first-order valence-corrected chi connectivity index (χ1v) is 7.61. The van der Waals surface area contributed by atoms with E-state index in [4.69, 9.17) is 23.2 Å². The summed E-state index contributed by atoms with van der Waals surface area (Å²) in [6.45, 7) is 0.0648. The van der Waals surface area contributed by atoms with Crippen LogP contribution in [0.4, 0.5) is 0 Å². The van der Waals surface area contributed by atoms with E-state index < -0.39 is 6.10 Å². The average Bonchev–Trinajstić information content (AvgIpc) is 2.52. The molecule has 116 valence electrons. The Morgan fingerprint density at radius 1 is 1.23 bits per heavy atom. The highest BCUT2D eigenvalue weighted by molar-refractivity contribution is 6.36. The van der Waals surface area contributed by atoms with E-state index in [1.807, 2.05) is 12.1 Å². The molecule has 1 aromatic carbocycles. The predicted molar refractivity (Wildman–Crippen MR) is 87.0 cm³/mol. The molecule has 0 bridgehead atoms. The van der Waals surface area contributed by atoms with Crippen LogP contribution in [0.3, 0.4) is 0 Å². The van der Waals surface area contributed by atoms with Crippen LogP contribution in [0.15, 0.2) is 42.7 Å². The normalized spacial score (nSPS) is 12.0. The van der Waals surface area contributed by atoms with Gasteiger partial charge in [-0.1, -0.05) is 35.3 Å². The van der Waals surface area contributed by atoms with E-state index in [-0.39, 0.29) is 12.5 Å². The molecule has 1 amide bonds. The first kappa shape index (κ1) is 16.7. The molecule has 6 heteroatoms. The third-order valence-corrected chi connectivity index (χ3v) is 3.85. The molecule has 0 aliphatic rings. The summed E-state index contributed by atoms with van der Waals surface area (Å²) in [7, 11) is 0. The van der Waals surface area contributed by atoms with Gasteiger partial charge in [0.1, 0.15) is 0 Å². The van der Waals surface area contributed by atoms with Gasteiger partial charge in [-0.15, -0.1) is 0 Å². The Bertz CT molecular complexity index is 615. The maximum absolute atomic E-state index is 11.8. The zero-order valence-corrected chi connectivity index (χ0v) is 13.3. The molecule has 2 rings (SSSR count). The molecule has 0 saturated heterocycles. The van der Waals surface area contributed by atoms with E-state index in [1.54, 1.807) is 30.6 Å². The largest absolute Gasteiger partial charge is 0.386 e. The van der Waals surface area contributed by atoms with E-state index in [9.17, 15) is 9.90 Å². The van der Waals surface area contributed by atoms with Crippen LogP contribution in [-0.2, 0) is 11.2 Å². The van der Waals surface area contributed by atoms with Crippen LogP contribution in [0.5, 0.6) is 0 Å². The van der Waals surface area contributed by atoms with Crippen LogP contribution in [0, 0.1) is 0 Å². The SMILES string of the molecule is O=C(CCc1cccnc1)NC[C@@H](O)c1c(Cl)cccc1Cl. The van der Waals surface area contributed by atoms with Crippen LogP contribution in [0.1, 0.15) is 23.7 Å². The second kappa shape index (κ2) is 8.13. The highest BCUT2D eigenvalue weighted by Gasteiger charge is 2.16. The van der Waals surface area contributed by atoms with Crippen molar-refractivity contribution >= 4 is 29.1 Å². The topological polar surface area (TPSA) is 62.2 Å². The van der Waals surface area contributed by atoms with Crippen LogP contribution in [0.25, 0.3) is 0 Å². The number of pyridine rings is 1. The number of nitrogens with one attached hydrogen (secondary N) is 1. The Labute approximate surface area is 139 Å². The van der Waals surface area contributed by atoms with Crippen LogP contribution in [0.2, 0.25) is 10.0 Å². The van der Waals surface area contributed by atoms with E-state index in [2.05, 4.69) is 10.3 Å². The minimum Gasteiger partial charge on any atom is -0.386 e. The Kier molecular flexibility index (Phi) is 6.19. The molecule has 0 spiro atoms. The molecule has 1 atom stereocenters. The number of amides is 1. The Balaban J connectivity index is 1.83. The van der Waals surface area contributed by atoms with Gasteiger partial charge in [0.25, 0.3) is 0 Å². The zero-order valence-electron chi connectivity index (χ0n) is 11.8. The van der Waals surface area contributed by atoms with Gasteiger partial charge in [0.15, 0.2) is 0 Å². The molecule has 4 nitrogen and oxygen atoms in total. The van der Waals surface area contributed by atoms with Crippen LogP contribution in [-0.4, -0.2) is 22.5 Å². The monoisotopic (exact) mass is 338 g/mol. The summed E-state index contributed by atoms with van der Waals surface area (Å²) in [5, 5.41) is 13.6. The number of benzene rings is 1. The Hall–Kier alpha value is -1.62. The first-order valence-electron chi connectivity index (χ1n) is 6.85. The van der Waals surface area contributed by atoms with E-state index in [0.717, 1.165) is 5.56 Å². The quantitative estimate of drug-likeness (QED) is 0.850. The van der Waals surface area contributed by atoms with Crippen molar-refractivity contribution in [1.29, 1.82) is 0 Å². The number of nitrogens with zero attached hydrogens (tertiary/aromatic N) is 1. The summed E-state index contributed by atoms with van der Waals surface area (Å²) in [5.74, 6) is -0.147. The summed E-state index contributed by atoms with van der Waals surface area (Å²) in [6.07, 6.45) is 3.40. The summed E-state index contributed by atoms with van der Waals surface area (Å²) in [5.41, 5.74) is 1.42. The lowest BCUT2D eigenvalue weighted by Gasteiger charge is -2.15. The summed E-state index contributed by atoms with van der Waals surface area (Å²) in [4.78, 5) is 15.8. The van der Waals surface area contributed by atoms with Gasteiger partial charge in [-0.3, -0.25) is 9.78 Å². The number of hydrogen-bond acceptors (Lipinski definition) is 3. The number of rotatable bonds is 6.